The maximum absolute atomic E-state index is 11.7. The highest BCUT2D eigenvalue weighted by atomic mass is 32.1. The van der Waals surface area contributed by atoms with E-state index in [0.29, 0.717) is 11.4 Å². The highest BCUT2D eigenvalue weighted by Crippen LogP contribution is 2.14. The number of benzene rings is 1. The van der Waals surface area contributed by atoms with Gasteiger partial charge in [0.05, 0.1) is 0 Å². The number of carbonyl (C=O) groups is 1. The SMILES string of the molecule is CC(N)c1ccc(NC(=O)c2csnn2)cc1. The lowest BCUT2D eigenvalue weighted by Crippen LogP contribution is -2.12. The Morgan fingerprint density at radius 3 is 2.65 bits per heavy atom. The van der Waals surface area contributed by atoms with Gasteiger partial charge in [0, 0.05) is 17.1 Å². The van der Waals surface area contributed by atoms with Crippen molar-refractivity contribution >= 4 is 23.1 Å². The number of hydrogen-bond donors (Lipinski definition) is 2. The van der Waals surface area contributed by atoms with Crippen molar-refractivity contribution in [1.29, 1.82) is 0 Å². The smallest absolute Gasteiger partial charge is 0.277 e. The molecule has 0 spiro atoms. The van der Waals surface area contributed by atoms with Crippen LogP contribution < -0.4 is 11.1 Å². The summed E-state index contributed by atoms with van der Waals surface area (Å²) in [4.78, 5) is 11.7. The van der Waals surface area contributed by atoms with Crippen molar-refractivity contribution in [1.82, 2.24) is 9.59 Å². The zero-order chi connectivity index (χ0) is 12.3. The summed E-state index contributed by atoms with van der Waals surface area (Å²) in [5.41, 5.74) is 7.80. The highest BCUT2D eigenvalue weighted by molar-refractivity contribution is 7.03. The van der Waals surface area contributed by atoms with E-state index in [1.165, 1.54) is 0 Å². The van der Waals surface area contributed by atoms with E-state index in [2.05, 4.69) is 14.9 Å². The lowest BCUT2D eigenvalue weighted by Gasteiger charge is -2.07. The summed E-state index contributed by atoms with van der Waals surface area (Å²) in [6, 6.07) is 7.40. The molecule has 1 heterocycles. The fraction of sp³-hybridized carbons (Fsp3) is 0.182. The van der Waals surface area contributed by atoms with E-state index in [0.717, 1.165) is 17.1 Å². The molecule has 0 aliphatic carbocycles. The van der Waals surface area contributed by atoms with Gasteiger partial charge in [-0.2, -0.15) is 0 Å². The average Bonchev–Trinajstić information content (AvgIpc) is 2.83. The number of nitrogens with zero attached hydrogens (tertiary/aromatic N) is 2. The van der Waals surface area contributed by atoms with Gasteiger partial charge in [-0.1, -0.05) is 16.6 Å². The zero-order valence-corrected chi connectivity index (χ0v) is 10.1. The minimum absolute atomic E-state index is 0.0116. The minimum Gasteiger partial charge on any atom is -0.324 e. The third-order valence-corrected chi connectivity index (χ3v) is 2.79. The van der Waals surface area contributed by atoms with Crippen LogP contribution in [0.4, 0.5) is 5.69 Å². The van der Waals surface area contributed by atoms with E-state index in [-0.39, 0.29) is 11.9 Å². The fourth-order valence-electron chi connectivity index (χ4n) is 1.33. The van der Waals surface area contributed by atoms with Crippen molar-refractivity contribution in [2.24, 2.45) is 5.73 Å². The molecule has 3 N–H and O–H groups in total. The van der Waals surface area contributed by atoms with E-state index >= 15 is 0 Å². The Kier molecular flexibility index (Phi) is 3.46. The number of anilines is 1. The fourth-order valence-corrected chi connectivity index (χ4v) is 1.76. The van der Waals surface area contributed by atoms with Gasteiger partial charge in [0.2, 0.25) is 0 Å². The largest absolute Gasteiger partial charge is 0.324 e. The lowest BCUT2D eigenvalue weighted by molar-refractivity contribution is 0.102. The number of rotatable bonds is 3. The first-order valence-electron chi connectivity index (χ1n) is 5.11. The van der Waals surface area contributed by atoms with E-state index < -0.39 is 0 Å². The summed E-state index contributed by atoms with van der Waals surface area (Å²) in [5.74, 6) is -0.257. The topological polar surface area (TPSA) is 80.9 Å². The van der Waals surface area contributed by atoms with Gasteiger partial charge in [-0.3, -0.25) is 4.79 Å². The van der Waals surface area contributed by atoms with Gasteiger partial charge in [0.1, 0.15) is 0 Å². The van der Waals surface area contributed by atoms with Crippen molar-refractivity contribution in [2.45, 2.75) is 13.0 Å². The third-order valence-electron chi connectivity index (χ3n) is 2.29. The molecule has 5 nitrogen and oxygen atoms in total. The molecule has 0 saturated carbocycles. The highest BCUT2D eigenvalue weighted by Gasteiger charge is 2.08. The molecular formula is C11H12N4OS. The molecule has 2 aromatic rings. The molecule has 0 bridgehead atoms. The molecule has 0 aliphatic rings. The van der Waals surface area contributed by atoms with Gasteiger partial charge < -0.3 is 11.1 Å². The number of hydrogen-bond acceptors (Lipinski definition) is 5. The van der Waals surface area contributed by atoms with Crippen LogP contribution in [-0.2, 0) is 0 Å². The Morgan fingerprint density at radius 1 is 1.41 bits per heavy atom. The molecule has 17 heavy (non-hydrogen) atoms. The quantitative estimate of drug-likeness (QED) is 0.868. The van der Waals surface area contributed by atoms with Crippen LogP contribution >= 0.6 is 11.5 Å². The van der Waals surface area contributed by atoms with E-state index in [9.17, 15) is 4.79 Å². The first-order valence-corrected chi connectivity index (χ1v) is 5.94. The van der Waals surface area contributed by atoms with Gasteiger partial charge in [0.25, 0.3) is 5.91 Å². The number of amides is 1. The van der Waals surface area contributed by atoms with Crippen LogP contribution in [0.1, 0.15) is 29.0 Å². The maximum Gasteiger partial charge on any atom is 0.277 e. The number of aromatic nitrogens is 2. The Bertz CT molecular complexity index is 493. The van der Waals surface area contributed by atoms with Gasteiger partial charge in [-0.15, -0.1) is 5.10 Å². The molecule has 88 valence electrons. The third kappa shape index (κ3) is 2.86. The van der Waals surface area contributed by atoms with Crippen molar-refractivity contribution in [3.63, 3.8) is 0 Å². The van der Waals surface area contributed by atoms with Crippen LogP contribution in [0.5, 0.6) is 0 Å². The Hall–Kier alpha value is -1.79. The Balaban J connectivity index is 2.07. The average molecular weight is 248 g/mol. The molecule has 1 amide bonds. The van der Waals surface area contributed by atoms with Crippen LogP contribution in [-0.4, -0.2) is 15.5 Å². The molecular weight excluding hydrogens is 236 g/mol. The molecule has 1 atom stereocenters. The normalized spacial score (nSPS) is 12.1. The summed E-state index contributed by atoms with van der Waals surface area (Å²) in [6.07, 6.45) is 0. The number of carbonyl (C=O) groups excluding carboxylic acids is 1. The van der Waals surface area contributed by atoms with Crippen LogP contribution in [0.15, 0.2) is 29.6 Å². The molecule has 1 aromatic carbocycles. The van der Waals surface area contributed by atoms with Crippen LogP contribution in [0.2, 0.25) is 0 Å². The second-order valence-electron chi connectivity index (χ2n) is 3.65. The maximum atomic E-state index is 11.7. The van der Waals surface area contributed by atoms with Gasteiger partial charge in [-0.25, -0.2) is 0 Å². The number of nitrogens with one attached hydrogen (secondary N) is 1. The Morgan fingerprint density at radius 2 is 2.12 bits per heavy atom. The van der Waals surface area contributed by atoms with Crippen LogP contribution in [0, 0.1) is 0 Å². The minimum atomic E-state index is -0.257. The predicted octanol–water partition coefficient (Wildman–Crippen LogP) is 1.81. The second-order valence-corrected chi connectivity index (χ2v) is 4.26. The predicted molar refractivity (Wildman–Crippen MR) is 66.9 cm³/mol. The van der Waals surface area contributed by atoms with E-state index in [4.69, 9.17) is 5.73 Å². The van der Waals surface area contributed by atoms with Crippen molar-refractivity contribution in [3.8, 4) is 0 Å². The van der Waals surface area contributed by atoms with E-state index in [1.54, 1.807) is 5.38 Å². The zero-order valence-electron chi connectivity index (χ0n) is 9.25. The summed E-state index contributed by atoms with van der Waals surface area (Å²) >= 11 is 1.15. The monoisotopic (exact) mass is 248 g/mol. The second kappa shape index (κ2) is 5.03. The molecule has 2 rings (SSSR count). The number of nitrogens with two attached hydrogens (primary N) is 1. The van der Waals surface area contributed by atoms with Crippen LogP contribution in [0.3, 0.4) is 0 Å². The molecule has 1 aromatic heterocycles. The van der Waals surface area contributed by atoms with Crippen LogP contribution in [0.25, 0.3) is 0 Å². The van der Waals surface area contributed by atoms with E-state index in [1.807, 2.05) is 31.2 Å². The molecule has 6 heteroatoms. The summed E-state index contributed by atoms with van der Waals surface area (Å²) in [5, 5.41) is 8.03. The van der Waals surface area contributed by atoms with Crippen molar-refractivity contribution in [2.75, 3.05) is 5.32 Å². The summed E-state index contributed by atoms with van der Waals surface area (Å²) in [7, 11) is 0. The first-order chi connectivity index (χ1) is 8.16. The molecule has 0 saturated heterocycles. The first kappa shape index (κ1) is 11.7. The summed E-state index contributed by atoms with van der Waals surface area (Å²) < 4.78 is 3.64. The molecule has 0 radical (unpaired) electrons. The molecule has 0 aliphatic heterocycles. The standard InChI is InChI=1S/C11H12N4OS/c1-7(12)8-2-4-9(5-3-8)13-11(16)10-6-17-15-14-10/h2-7H,12H2,1H3,(H,13,16). The van der Waals surface area contributed by atoms with Crippen molar-refractivity contribution < 1.29 is 4.79 Å². The van der Waals surface area contributed by atoms with Gasteiger partial charge in [-0.05, 0) is 36.2 Å². The lowest BCUT2D eigenvalue weighted by atomic mass is 10.1. The Labute approximate surface area is 103 Å². The summed E-state index contributed by atoms with van der Waals surface area (Å²) in [6.45, 7) is 1.91. The van der Waals surface area contributed by atoms with Gasteiger partial charge >= 0.3 is 0 Å². The van der Waals surface area contributed by atoms with Crippen molar-refractivity contribution in [3.05, 3.63) is 40.9 Å². The molecule has 0 fully saturated rings. The van der Waals surface area contributed by atoms with Gasteiger partial charge in [0.15, 0.2) is 5.69 Å². The molecule has 1 unspecified atom stereocenters.